The molecule has 16 valence electrons. The summed E-state index contributed by atoms with van der Waals surface area (Å²) >= 11 is 2.43. The molecular formula is H2MgSeSiZn. The molecule has 0 N–H and O–H groups in total. The second kappa shape index (κ2) is 19.3. The molecule has 0 aliphatic heterocycles. The molecule has 0 saturated heterocycles. The molecule has 0 aliphatic carbocycles. The zero-order chi connectivity index (χ0) is 2.00. The van der Waals surface area contributed by atoms with Gasteiger partial charge in [-0.15, -0.1) is 0 Å². The summed E-state index contributed by atoms with van der Waals surface area (Å²) < 4.78 is 0. The van der Waals surface area contributed by atoms with Crippen LogP contribution in [0.1, 0.15) is 0 Å². The minimum atomic E-state index is 0. The Morgan fingerprint density at radius 1 is 1.25 bits per heavy atom. The van der Waals surface area contributed by atoms with E-state index in [-0.39, 0.29) is 42.5 Å². The van der Waals surface area contributed by atoms with Gasteiger partial charge in [0.15, 0.2) is 0 Å². The van der Waals surface area contributed by atoms with E-state index in [9.17, 15) is 0 Å². The van der Waals surface area contributed by atoms with Crippen molar-refractivity contribution in [3.8, 4) is 0 Å². The van der Waals surface area contributed by atoms with E-state index in [0.29, 0.717) is 0 Å². The molecule has 0 amide bonds. The van der Waals surface area contributed by atoms with Gasteiger partial charge >= 0.3 is 46.3 Å². The van der Waals surface area contributed by atoms with Gasteiger partial charge in [0.1, 0.15) is 0 Å². The summed E-state index contributed by atoms with van der Waals surface area (Å²) in [4.78, 5) is 0. The first-order valence-corrected chi connectivity index (χ1v) is 3.18. The molecule has 4 heteroatoms. The van der Waals surface area contributed by atoms with Crippen LogP contribution >= 0.6 is 0 Å². The van der Waals surface area contributed by atoms with Gasteiger partial charge < -0.3 is 0 Å². The summed E-state index contributed by atoms with van der Waals surface area (Å²) in [6.07, 6.45) is 0. The van der Waals surface area contributed by atoms with Gasteiger partial charge in [0.2, 0.25) is 0 Å². The molecule has 0 bridgehead atoms. The van der Waals surface area contributed by atoms with Crippen LogP contribution in [0.4, 0.5) is 0 Å². The first kappa shape index (κ1) is 16.5. The van der Waals surface area contributed by atoms with Crippen LogP contribution in [0, 0.1) is 0 Å². The Hall–Kier alpha value is 2.13. The molecule has 0 spiro atoms. The van der Waals surface area contributed by atoms with Crippen molar-refractivity contribution in [2.24, 2.45) is 0 Å². The summed E-state index contributed by atoms with van der Waals surface area (Å²) in [6.45, 7) is 0. The van der Waals surface area contributed by atoms with Gasteiger partial charge in [-0.2, -0.15) is 0 Å². The summed E-state index contributed by atoms with van der Waals surface area (Å²) in [5.74, 6) is 0. The van der Waals surface area contributed by atoms with Crippen molar-refractivity contribution in [2.45, 2.75) is 0 Å². The summed E-state index contributed by atoms with van der Waals surface area (Å²) in [5, 5.41) is 0. The van der Waals surface area contributed by atoms with Gasteiger partial charge in [-0.1, -0.05) is 0 Å². The Morgan fingerprint density at radius 2 is 1.25 bits per heavy atom. The van der Waals surface area contributed by atoms with Crippen molar-refractivity contribution < 1.29 is 19.5 Å². The number of hydrogen-bond acceptors (Lipinski definition) is 0. The second-order valence-electron chi connectivity index (χ2n) is 0. The largest absolute Gasteiger partial charge is 0 e. The average Bonchev–Trinajstić information content (AvgIpc) is 1.00. The average molecular weight is 199 g/mol. The maximum Gasteiger partial charge on any atom is 0 e. The van der Waals surface area contributed by atoms with Crippen LogP contribution in [0.5, 0.6) is 0 Å². The zero-order valence-electron chi connectivity index (χ0n) is 1.62. The fraction of sp³-hybridized carbons (Fsp3) is 0. The van der Waals surface area contributed by atoms with Crippen molar-refractivity contribution in [2.75, 3.05) is 0 Å². The van der Waals surface area contributed by atoms with Crippen molar-refractivity contribution in [3.63, 3.8) is 0 Å². The van der Waals surface area contributed by atoms with E-state index in [1.54, 1.807) is 0 Å². The van der Waals surface area contributed by atoms with Crippen LogP contribution in [0.3, 0.4) is 0 Å². The Bertz CT molecular complexity index is 8.00. The van der Waals surface area contributed by atoms with Gasteiger partial charge in [-0.3, -0.25) is 0 Å². The number of hydrogen-bond donors (Lipinski definition) is 0. The summed E-state index contributed by atoms with van der Waals surface area (Å²) in [7, 11) is 2.85. The van der Waals surface area contributed by atoms with Crippen molar-refractivity contribution in [3.05, 3.63) is 0 Å². The molecule has 0 rings (SSSR count). The van der Waals surface area contributed by atoms with Crippen LogP contribution in [0.25, 0.3) is 0 Å². The van der Waals surface area contributed by atoms with Gasteiger partial charge in [0.05, 0.1) is 0 Å². The maximum atomic E-state index is 2.85. The van der Waals surface area contributed by atoms with Crippen molar-refractivity contribution >= 4 is 46.3 Å². The predicted octanol–water partition coefficient (Wildman–Crippen LogP) is -1.68. The van der Waals surface area contributed by atoms with Crippen LogP contribution < -0.4 is 0 Å². The molecule has 0 saturated carbocycles. The predicted molar refractivity (Wildman–Crippen MR) is 20.1 cm³/mol. The van der Waals surface area contributed by atoms with E-state index in [1.165, 1.54) is 0 Å². The smallest absolute Gasteiger partial charge is 0 e. The summed E-state index contributed by atoms with van der Waals surface area (Å²) in [6, 6.07) is 0. The molecule has 0 fully saturated rings. The Morgan fingerprint density at radius 3 is 1.25 bits per heavy atom. The van der Waals surface area contributed by atoms with Crippen LogP contribution in [-0.4, -0.2) is 46.3 Å². The zero-order valence-corrected chi connectivity index (χ0v) is 7.30. The van der Waals surface area contributed by atoms with Crippen LogP contribution in [-0.2, 0) is 19.5 Å². The van der Waals surface area contributed by atoms with E-state index in [0.717, 1.165) is 0 Å². The van der Waals surface area contributed by atoms with Gasteiger partial charge in [-0.25, -0.2) is 0 Å². The molecular weight excluding hydrogens is 197 g/mol. The van der Waals surface area contributed by atoms with Gasteiger partial charge in [0, 0.05) is 19.5 Å². The third-order valence-electron chi connectivity index (χ3n) is 0. The Kier molecular flexibility index (Phi) is 79.5. The Balaban J connectivity index is -0.00000000500. The maximum absolute atomic E-state index is 2.85. The molecule has 0 unspecified atom stereocenters. The quantitative estimate of drug-likeness (QED) is 0.408. The van der Waals surface area contributed by atoms with Crippen molar-refractivity contribution in [1.82, 2.24) is 0 Å². The molecule has 0 nitrogen and oxygen atoms in total. The molecule has 2 radical (unpaired) electrons. The fourth-order valence-electron chi connectivity index (χ4n) is 0. The molecule has 0 atom stereocenters. The van der Waals surface area contributed by atoms with E-state index in [2.05, 4.69) is 23.3 Å². The third kappa shape index (κ3) is 8.92. The minimum Gasteiger partial charge on any atom is 0 e. The van der Waals surface area contributed by atoms with E-state index in [4.69, 9.17) is 0 Å². The molecule has 0 aromatic carbocycles. The summed E-state index contributed by atoms with van der Waals surface area (Å²) in [5.41, 5.74) is 0. The Labute approximate surface area is 65.1 Å². The van der Waals surface area contributed by atoms with Crippen LogP contribution in [0.2, 0.25) is 0 Å². The molecule has 0 heterocycles. The first-order valence-electron chi connectivity index (χ1n) is 0.204. The fourth-order valence-corrected chi connectivity index (χ4v) is 0. The SMILES string of the molecule is [MgH2].[Si]=[Se].[Zn]. The molecule has 0 aliphatic rings. The normalized spacial score (nSPS) is 1.00. The monoisotopic (exact) mass is 198 g/mol. The third-order valence-corrected chi connectivity index (χ3v) is 0. The molecule has 0 aromatic rings. The number of rotatable bonds is 0. The van der Waals surface area contributed by atoms with E-state index in [1.807, 2.05) is 0 Å². The van der Waals surface area contributed by atoms with Gasteiger partial charge in [-0.05, 0) is 0 Å². The first-order chi connectivity index (χ1) is 1.00. The van der Waals surface area contributed by atoms with Gasteiger partial charge in [0.25, 0.3) is 0 Å². The van der Waals surface area contributed by atoms with E-state index < -0.39 is 0 Å². The molecule has 4 heavy (non-hydrogen) atoms. The van der Waals surface area contributed by atoms with Crippen molar-refractivity contribution in [1.29, 1.82) is 0 Å². The van der Waals surface area contributed by atoms with Crippen LogP contribution in [0.15, 0.2) is 0 Å². The standard InChI is InChI=1S/Mg.SeSi.Zn.2H/c;1-2;;;. The van der Waals surface area contributed by atoms with E-state index >= 15 is 0 Å². The molecule has 0 aromatic heterocycles. The topological polar surface area (TPSA) is 0 Å². The minimum absolute atomic E-state index is 0. The second-order valence-corrected chi connectivity index (χ2v) is 0.